The number of pyridine rings is 1. The summed E-state index contributed by atoms with van der Waals surface area (Å²) in [6, 6.07) is 13.1. The molecule has 2 aliphatic heterocycles. The van der Waals surface area contributed by atoms with E-state index in [0.717, 1.165) is 35.0 Å². The van der Waals surface area contributed by atoms with Gasteiger partial charge in [-0.05, 0) is 56.5 Å². The lowest BCUT2D eigenvalue weighted by Gasteiger charge is -2.33. The highest BCUT2D eigenvalue weighted by molar-refractivity contribution is 7.89. The molecule has 2 aliphatic rings. The smallest absolute Gasteiger partial charge is 0.259 e. The van der Waals surface area contributed by atoms with Gasteiger partial charge in [0, 0.05) is 30.1 Å². The molecule has 0 unspecified atom stereocenters. The van der Waals surface area contributed by atoms with Crippen molar-refractivity contribution in [3.05, 3.63) is 70.4 Å². The Hall–Kier alpha value is -3.46. The molecule has 0 bridgehead atoms. The number of ether oxygens (including phenoxy) is 1. The Morgan fingerprint density at radius 3 is 2.86 bits per heavy atom. The third kappa shape index (κ3) is 4.73. The zero-order valence-electron chi connectivity index (χ0n) is 19.8. The Bertz CT molecular complexity index is 1470. The molecule has 2 aromatic carbocycles. The fourth-order valence-corrected chi connectivity index (χ4v) is 6.03. The van der Waals surface area contributed by atoms with Crippen molar-refractivity contribution in [1.82, 2.24) is 9.88 Å². The third-order valence-corrected chi connectivity index (χ3v) is 7.70. The number of carbonyl (C=O) groups is 1. The highest BCUT2D eigenvalue weighted by Gasteiger charge is 2.28. The van der Waals surface area contributed by atoms with Crippen LogP contribution in [0, 0.1) is 19.8 Å². The van der Waals surface area contributed by atoms with Crippen LogP contribution in [0.4, 0.5) is 0 Å². The van der Waals surface area contributed by atoms with Gasteiger partial charge < -0.3 is 15.4 Å². The van der Waals surface area contributed by atoms with E-state index in [2.05, 4.69) is 9.38 Å². The average Bonchev–Trinajstić information content (AvgIpc) is 2.81. The molecule has 1 saturated heterocycles. The summed E-state index contributed by atoms with van der Waals surface area (Å²) in [7, 11) is -3.60. The van der Waals surface area contributed by atoms with Gasteiger partial charge in [0.05, 0.1) is 29.0 Å². The molecule has 3 heterocycles. The minimum Gasteiger partial charge on any atom is -0.492 e. The van der Waals surface area contributed by atoms with Crippen molar-refractivity contribution < 1.29 is 17.9 Å². The zero-order chi connectivity index (χ0) is 24.7. The lowest BCUT2D eigenvalue weighted by molar-refractivity contribution is 0.0635. The number of aryl methyl sites for hydroxylation is 2. The molecule has 0 aliphatic carbocycles. The van der Waals surface area contributed by atoms with Crippen LogP contribution in [0.5, 0.6) is 5.75 Å². The molecule has 5 rings (SSSR count). The van der Waals surface area contributed by atoms with Crippen molar-refractivity contribution in [3.63, 3.8) is 0 Å². The second-order valence-corrected chi connectivity index (χ2v) is 11.0. The maximum atomic E-state index is 13.6. The van der Waals surface area contributed by atoms with E-state index in [1.54, 1.807) is 18.2 Å². The first-order chi connectivity index (χ1) is 16.7. The summed E-state index contributed by atoms with van der Waals surface area (Å²) in [5.74, 6) is 0.440. The van der Waals surface area contributed by atoms with E-state index in [9.17, 15) is 13.2 Å². The number of carbonyl (C=O) groups excluding carboxylic acids is 1. The number of nitrogens with zero attached hydrogens (tertiary/aromatic N) is 3. The molecule has 1 fully saturated rings. The number of piperidine rings is 1. The number of nitrogens with two attached hydrogens (primary N) is 1. The highest BCUT2D eigenvalue weighted by atomic mass is 32.2. The fraction of sp³-hybridized carbons (Fsp3) is 0.346. The van der Waals surface area contributed by atoms with Crippen LogP contribution in [0.1, 0.15) is 45.6 Å². The summed E-state index contributed by atoms with van der Waals surface area (Å²) < 4.78 is 33.6. The number of benzene rings is 2. The van der Waals surface area contributed by atoms with Crippen LogP contribution in [-0.4, -0.2) is 49.7 Å². The normalized spacial score (nSPS) is 19.2. The van der Waals surface area contributed by atoms with E-state index >= 15 is 0 Å². The van der Waals surface area contributed by atoms with Gasteiger partial charge in [-0.25, -0.2) is 8.42 Å². The average molecular weight is 493 g/mol. The lowest BCUT2D eigenvalue weighted by atomic mass is 9.97. The monoisotopic (exact) mass is 492 g/mol. The van der Waals surface area contributed by atoms with Gasteiger partial charge in [0.15, 0.2) is 0 Å². The van der Waals surface area contributed by atoms with E-state index in [1.807, 2.05) is 43.0 Å². The van der Waals surface area contributed by atoms with Crippen LogP contribution in [0.2, 0.25) is 0 Å². The van der Waals surface area contributed by atoms with E-state index in [1.165, 1.54) is 0 Å². The molecule has 0 spiro atoms. The Labute approximate surface area is 204 Å². The van der Waals surface area contributed by atoms with Gasteiger partial charge in [-0.1, -0.05) is 23.8 Å². The predicted molar refractivity (Wildman–Crippen MR) is 135 cm³/mol. The SMILES string of the molecule is Cc1ccc2nc(C)cc(C(=O)N3CCC[C@H](COc4cccc5c4C(N)=NS(=O)(=O)C5)C3)c2c1. The Balaban J connectivity index is 1.33. The number of amidine groups is 1. The van der Waals surface area contributed by atoms with E-state index in [-0.39, 0.29) is 23.4 Å². The molecule has 2 N–H and O–H groups in total. The van der Waals surface area contributed by atoms with Crippen LogP contribution in [0.25, 0.3) is 10.9 Å². The van der Waals surface area contributed by atoms with Gasteiger partial charge in [-0.3, -0.25) is 9.78 Å². The minimum atomic E-state index is -3.60. The summed E-state index contributed by atoms with van der Waals surface area (Å²) in [6.07, 6.45) is 1.82. The molecular weight excluding hydrogens is 464 g/mol. The molecule has 0 radical (unpaired) electrons. The summed E-state index contributed by atoms with van der Waals surface area (Å²) >= 11 is 0. The Morgan fingerprint density at radius 1 is 1.20 bits per heavy atom. The highest BCUT2D eigenvalue weighted by Crippen LogP contribution is 2.30. The summed E-state index contributed by atoms with van der Waals surface area (Å²) in [4.78, 5) is 20.0. The van der Waals surface area contributed by atoms with Crippen molar-refractivity contribution in [2.75, 3.05) is 19.7 Å². The van der Waals surface area contributed by atoms with Crippen LogP contribution in [0.3, 0.4) is 0 Å². The van der Waals surface area contributed by atoms with Crippen molar-refractivity contribution in [3.8, 4) is 5.75 Å². The number of hydrogen-bond acceptors (Lipinski definition) is 6. The molecule has 1 atom stereocenters. The standard InChI is InChI=1S/C26H28N4O4S/c1-16-8-9-22-20(11-16)21(12-17(2)28-22)26(31)30-10-4-5-18(13-30)14-34-23-7-3-6-19-15-35(32,33)29-25(27)24(19)23/h3,6-9,11-12,18H,4-5,10,13-15H2,1-2H3,(H2,27,29)/t18-/m0/s1. The largest absolute Gasteiger partial charge is 0.492 e. The number of hydrogen-bond donors (Lipinski definition) is 1. The summed E-state index contributed by atoms with van der Waals surface area (Å²) in [5.41, 5.74) is 10.5. The van der Waals surface area contributed by atoms with Gasteiger partial charge in [0.25, 0.3) is 15.9 Å². The van der Waals surface area contributed by atoms with Gasteiger partial charge in [0.1, 0.15) is 11.6 Å². The molecule has 1 aromatic heterocycles. The molecule has 1 amide bonds. The van der Waals surface area contributed by atoms with E-state index in [0.29, 0.717) is 42.1 Å². The number of fused-ring (bicyclic) bond motifs is 2. The number of likely N-dealkylation sites (tertiary alicyclic amines) is 1. The number of aromatic nitrogens is 1. The van der Waals surface area contributed by atoms with E-state index < -0.39 is 10.0 Å². The van der Waals surface area contributed by atoms with Crippen LogP contribution < -0.4 is 10.5 Å². The third-order valence-electron chi connectivity index (χ3n) is 6.55. The molecule has 182 valence electrons. The Kier molecular flexibility index (Phi) is 5.96. The fourth-order valence-electron chi connectivity index (χ4n) is 4.94. The van der Waals surface area contributed by atoms with Crippen LogP contribution in [-0.2, 0) is 15.8 Å². The molecule has 35 heavy (non-hydrogen) atoms. The van der Waals surface area contributed by atoms with Crippen molar-refractivity contribution in [2.45, 2.75) is 32.4 Å². The van der Waals surface area contributed by atoms with Gasteiger partial charge >= 0.3 is 0 Å². The van der Waals surface area contributed by atoms with Crippen LogP contribution >= 0.6 is 0 Å². The minimum absolute atomic E-state index is 0.00877. The van der Waals surface area contributed by atoms with Crippen molar-refractivity contribution in [2.24, 2.45) is 16.0 Å². The molecule has 9 heteroatoms. The first-order valence-corrected chi connectivity index (χ1v) is 13.3. The zero-order valence-corrected chi connectivity index (χ0v) is 20.6. The van der Waals surface area contributed by atoms with Crippen LogP contribution in [0.15, 0.2) is 46.9 Å². The first kappa shape index (κ1) is 23.3. The number of amides is 1. The van der Waals surface area contributed by atoms with Gasteiger partial charge in [0.2, 0.25) is 0 Å². The predicted octanol–water partition coefficient (Wildman–Crippen LogP) is 3.33. The van der Waals surface area contributed by atoms with E-state index in [4.69, 9.17) is 10.5 Å². The van der Waals surface area contributed by atoms with Gasteiger partial charge in [-0.15, -0.1) is 4.40 Å². The quantitative estimate of drug-likeness (QED) is 0.597. The molecule has 3 aromatic rings. The van der Waals surface area contributed by atoms with Gasteiger partial charge in [-0.2, -0.15) is 0 Å². The molecule has 0 saturated carbocycles. The first-order valence-electron chi connectivity index (χ1n) is 11.7. The van der Waals surface area contributed by atoms with Crippen molar-refractivity contribution in [1.29, 1.82) is 0 Å². The lowest BCUT2D eigenvalue weighted by Crippen LogP contribution is -2.41. The Morgan fingerprint density at radius 2 is 2.03 bits per heavy atom. The van der Waals surface area contributed by atoms with Crippen molar-refractivity contribution >= 4 is 32.7 Å². The summed E-state index contributed by atoms with van der Waals surface area (Å²) in [6.45, 7) is 5.60. The second-order valence-electron chi connectivity index (χ2n) is 9.40. The topological polar surface area (TPSA) is 115 Å². The molecular formula is C26H28N4O4S. The number of rotatable bonds is 4. The maximum absolute atomic E-state index is 13.6. The maximum Gasteiger partial charge on any atom is 0.259 e. The summed E-state index contributed by atoms with van der Waals surface area (Å²) in [5, 5.41) is 0.875. The second kappa shape index (κ2) is 8.96. The molecule has 8 nitrogen and oxygen atoms in total. The number of sulfonamides is 1.